The van der Waals surface area contributed by atoms with Gasteiger partial charge < -0.3 is 10.2 Å². The fraction of sp³-hybridized carbons (Fsp3) is 0.300. The minimum absolute atomic E-state index is 0.149. The molecule has 0 aliphatic rings. The number of benzene rings is 2. The highest BCUT2D eigenvalue weighted by atomic mass is 35.5. The van der Waals surface area contributed by atoms with Crippen LogP contribution in [-0.4, -0.2) is 35.6 Å². The maximum atomic E-state index is 13.7. The number of carbonyl (C=O) groups is 2. The summed E-state index contributed by atoms with van der Waals surface area (Å²) in [5, 5.41) is 3.14. The number of thioether (sulfide) groups is 1. The number of carbonyl (C=O) groups excluding carboxylic acids is 2. The number of rotatable bonds is 8. The first-order valence-corrected chi connectivity index (χ1v) is 10.0. The molecule has 0 aliphatic carbocycles. The van der Waals surface area contributed by atoms with Crippen molar-refractivity contribution in [1.82, 2.24) is 10.2 Å². The number of nitrogens with one attached hydrogen (secondary N) is 1. The van der Waals surface area contributed by atoms with Gasteiger partial charge in [0, 0.05) is 24.4 Å². The van der Waals surface area contributed by atoms with E-state index in [-0.39, 0.29) is 29.9 Å². The van der Waals surface area contributed by atoms with Gasteiger partial charge in [0.15, 0.2) is 0 Å². The van der Waals surface area contributed by atoms with Gasteiger partial charge in [-0.1, -0.05) is 41.9 Å². The molecule has 0 radical (unpaired) electrons. The fourth-order valence-corrected chi connectivity index (χ4v) is 3.68. The first-order chi connectivity index (χ1) is 12.9. The van der Waals surface area contributed by atoms with E-state index in [1.165, 1.54) is 29.8 Å². The van der Waals surface area contributed by atoms with E-state index in [1.54, 1.807) is 43.3 Å². The smallest absolute Gasteiger partial charge is 0.242 e. The van der Waals surface area contributed by atoms with Crippen LogP contribution in [0.5, 0.6) is 0 Å². The Balaban J connectivity index is 2.06. The van der Waals surface area contributed by atoms with Crippen LogP contribution in [0.1, 0.15) is 18.1 Å². The van der Waals surface area contributed by atoms with Gasteiger partial charge in [-0.3, -0.25) is 9.59 Å². The van der Waals surface area contributed by atoms with Crippen LogP contribution in [0.4, 0.5) is 4.39 Å². The van der Waals surface area contributed by atoms with Crippen LogP contribution in [0.25, 0.3) is 0 Å². The van der Waals surface area contributed by atoms with Crippen LogP contribution in [-0.2, 0) is 21.9 Å². The lowest BCUT2D eigenvalue weighted by Gasteiger charge is -2.28. The maximum Gasteiger partial charge on any atom is 0.242 e. The third kappa shape index (κ3) is 6.26. The quantitative estimate of drug-likeness (QED) is 0.721. The van der Waals surface area contributed by atoms with Crippen LogP contribution >= 0.6 is 23.4 Å². The highest BCUT2D eigenvalue weighted by Gasteiger charge is 2.25. The molecule has 27 heavy (non-hydrogen) atoms. The minimum Gasteiger partial charge on any atom is -0.357 e. The van der Waals surface area contributed by atoms with Gasteiger partial charge in [0.1, 0.15) is 11.9 Å². The second-order valence-corrected chi connectivity index (χ2v) is 7.45. The van der Waals surface area contributed by atoms with Gasteiger partial charge in [0.05, 0.1) is 5.75 Å². The molecule has 2 rings (SSSR count). The minimum atomic E-state index is -0.629. The van der Waals surface area contributed by atoms with Gasteiger partial charge in [-0.05, 0) is 36.2 Å². The number of hydrogen-bond acceptors (Lipinski definition) is 3. The van der Waals surface area contributed by atoms with E-state index in [4.69, 9.17) is 11.6 Å². The molecule has 0 unspecified atom stereocenters. The molecular weight excluding hydrogens is 387 g/mol. The average molecular weight is 409 g/mol. The van der Waals surface area contributed by atoms with Crippen LogP contribution < -0.4 is 5.32 Å². The lowest BCUT2D eigenvalue weighted by Crippen LogP contribution is -2.47. The molecule has 7 heteroatoms. The van der Waals surface area contributed by atoms with Crippen LogP contribution in [0.3, 0.4) is 0 Å². The molecule has 2 aromatic rings. The largest absolute Gasteiger partial charge is 0.357 e. The van der Waals surface area contributed by atoms with Crippen LogP contribution in [0, 0.1) is 5.82 Å². The summed E-state index contributed by atoms with van der Waals surface area (Å²) in [6.07, 6.45) is 0. The Labute approximate surface area is 168 Å². The average Bonchev–Trinajstić information content (AvgIpc) is 2.66. The summed E-state index contributed by atoms with van der Waals surface area (Å²) < 4.78 is 13.7. The third-order valence-corrected chi connectivity index (χ3v) is 5.30. The molecule has 1 N–H and O–H groups in total. The summed E-state index contributed by atoms with van der Waals surface area (Å²) in [6.45, 7) is 1.96. The summed E-state index contributed by atoms with van der Waals surface area (Å²) in [6, 6.07) is 13.0. The molecule has 2 amide bonds. The Morgan fingerprint density at radius 2 is 1.96 bits per heavy atom. The molecule has 0 fully saturated rings. The van der Waals surface area contributed by atoms with Gasteiger partial charge in [-0.15, -0.1) is 11.8 Å². The molecule has 0 saturated heterocycles. The SMILES string of the molecule is CNC(=O)[C@H](C)N(Cc1cccc(Cl)c1)C(=O)CSCc1ccccc1F. The van der Waals surface area contributed by atoms with Gasteiger partial charge in [-0.25, -0.2) is 4.39 Å². The monoisotopic (exact) mass is 408 g/mol. The molecule has 1 atom stereocenters. The van der Waals surface area contributed by atoms with E-state index in [0.29, 0.717) is 16.3 Å². The Kier molecular flexibility index (Phi) is 8.13. The molecule has 0 bridgehead atoms. The van der Waals surface area contributed by atoms with Crippen molar-refractivity contribution in [3.05, 3.63) is 70.5 Å². The molecule has 0 aromatic heterocycles. The molecule has 2 aromatic carbocycles. The highest BCUT2D eigenvalue weighted by molar-refractivity contribution is 7.99. The van der Waals surface area contributed by atoms with E-state index in [9.17, 15) is 14.0 Å². The summed E-state index contributed by atoms with van der Waals surface area (Å²) in [4.78, 5) is 26.3. The molecule has 144 valence electrons. The summed E-state index contributed by atoms with van der Waals surface area (Å²) in [5.74, 6) is -0.183. The Morgan fingerprint density at radius 3 is 2.63 bits per heavy atom. The molecule has 0 saturated carbocycles. The normalized spacial score (nSPS) is 11.7. The topological polar surface area (TPSA) is 49.4 Å². The van der Waals surface area contributed by atoms with Crippen molar-refractivity contribution in [2.75, 3.05) is 12.8 Å². The van der Waals surface area contributed by atoms with E-state index < -0.39 is 6.04 Å². The predicted octanol–water partition coefficient (Wildman–Crippen LogP) is 3.88. The second-order valence-electron chi connectivity index (χ2n) is 6.03. The molecule has 4 nitrogen and oxygen atoms in total. The number of hydrogen-bond donors (Lipinski definition) is 1. The van der Waals surface area contributed by atoms with E-state index in [2.05, 4.69) is 5.32 Å². The van der Waals surface area contributed by atoms with Crippen molar-refractivity contribution in [3.8, 4) is 0 Å². The Bertz CT molecular complexity index is 803. The van der Waals surface area contributed by atoms with Crippen molar-refractivity contribution in [2.45, 2.75) is 25.3 Å². The van der Waals surface area contributed by atoms with Crippen molar-refractivity contribution < 1.29 is 14.0 Å². The van der Waals surface area contributed by atoms with Crippen molar-refractivity contribution in [3.63, 3.8) is 0 Å². The zero-order chi connectivity index (χ0) is 19.8. The first-order valence-electron chi connectivity index (χ1n) is 8.49. The molecule has 0 aliphatic heterocycles. The fourth-order valence-electron chi connectivity index (χ4n) is 2.57. The highest BCUT2D eigenvalue weighted by Crippen LogP contribution is 2.19. The predicted molar refractivity (Wildman–Crippen MR) is 108 cm³/mol. The standard InChI is InChI=1S/C20H22ClFN2O2S/c1-14(20(26)23-2)24(11-15-6-5-8-17(21)10-15)19(25)13-27-12-16-7-3-4-9-18(16)22/h3-10,14H,11-13H2,1-2H3,(H,23,26)/t14-/m0/s1. The maximum absolute atomic E-state index is 13.7. The second kappa shape index (κ2) is 10.3. The van der Waals surface area contributed by atoms with Crippen molar-refractivity contribution in [2.24, 2.45) is 0 Å². The summed E-state index contributed by atoms with van der Waals surface area (Å²) >= 11 is 7.34. The van der Waals surface area contributed by atoms with Gasteiger partial charge in [-0.2, -0.15) is 0 Å². The lowest BCUT2D eigenvalue weighted by molar-refractivity contribution is -0.138. The van der Waals surface area contributed by atoms with Gasteiger partial charge in [0.2, 0.25) is 11.8 Å². The van der Waals surface area contributed by atoms with E-state index in [1.807, 2.05) is 6.07 Å². The molecular formula is C20H22ClFN2O2S. The Morgan fingerprint density at radius 1 is 1.22 bits per heavy atom. The van der Waals surface area contributed by atoms with Crippen molar-refractivity contribution >= 4 is 35.2 Å². The van der Waals surface area contributed by atoms with E-state index in [0.717, 1.165) is 5.56 Å². The van der Waals surface area contributed by atoms with Crippen molar-refractivity contribution in [1.29, 1.82) is 0 Å². The third-order valence-electron chi connectivity index (χ3n) is 4.10. The zero-order valence-electron chi connectivity index (χ0n) is 15.2. The van der Waals surface area contributed by atoms with E-state index >= 15 is 0 Å². The zero-order valence-corrected chi connectivity index (χ0v) is 16.8. The summed E-state index contributed by atoms with van der Waals surface area (Å²) in [5.41, 5.74) is 1.39. The van der Waals surface area contributed by atoms with Crippen LogP contribution in [0.2, 0.25) is 5.02 Å². The van der Waals surface area contributed by atoms with Gasteiger partial charge >= 0.3 is 0 Å². The van der Waals surface area contributed by atoms with Crippen LogP contribution in [0.15, 0.2) is 48.5 Å². The summed E-state index contributed by atoms with van der Waals surface area (Å²) in [7, 11) is 1.54. The lowest BCUT2D eigenvalue weighted by atomic mass is 10.1. The Hall–Kier alpha value is -2.05. The molecule has 0 spiro atoms. The number of amides is 2. The number of halogens is 2. The first kappa shape index (κ1) is 21.3. The molecule has 0 heterocycles. The number of likely N-dealkylation sites (N-methyl/N-ethyl adjacent to an activating group) is 1. The van der Waals surface area contributed by atoms with Gasteiger partial charge in [0.25, 0.3) is 0 Å². The number of nitrogens with zero attached hydrogens (tertiary/aromatic N) is 1.